The van der Waals surface area contributed by atoms with Crippen LogP contribution in [0.4, 0.5) is 27.8 Å². The summed E-state index contributed by atoms with van der Waals surface area (Å²) in [6, 6.07) is 0. The van der Waals surface area contributed by atoms with E-state index in [4.69, 9.17) is 0 Å². The molecule has 2 aliphatic rings. The summed E-state index contributed by atoms with van der Waals surface area (Å²) < 4.78 is 16.7. The van der Waals surface area contributed by atoms with Crippen molar-refractivity contribution >= 4 is 23.4 Å². The lowest BCUT2D eigenvalue weighted by molar-refractivity contribution is 0.312. The molecule has 0 spiro atoms. The van der Waals surface area contributed by atoms with Gasteiger partial charge >= 0.3 is 0 Å². The molecular formula is C23H33FN10. The van der Waals surface area contributed by atoms with Crippen LogP contribution in [0.1, 0.15) is 38.1 Å². The molecule has 0 amide bonds. The summed E-state index contributed by atoms with van der Waals surface area (Å²) in [5, 5.41) is 7.74. The lowest BCUT2D eigenvalue weighted by atomic mass is 9.99. The number of hydrogen-bond donors (Lipinski definition) is 1. The fraction of sp³-hybridized carbons (Fsp3) is 0.522. The summed E-state index contributed by atoms with van der Waals surface area (Å²) in [7, 11) is 4.09. The first kappa shape index (κ1) is 22.5. The highest BCUT2D eigenvalue weighted by atomic mass is 19.1. The van der Waals surface area contributed by atoms with Gasteiger partial charge in [0.05, 0.1) is 24.3 Å². The zero-order valence-corrected chi connectivity index (χ0v) is 20.2. The summed E-state index contributed by atoms with van der Waals surface area (Å²) in [5.74, 6) is 1.83. The highest BCUT2D eigenvalue weighted by Gasteiger charge is 2.27. The topological polar surface area (TPSA) is 91.1 Å². The average molecular weight is 469 g/mol. The third-order valence-electron chi connectivity index (χ3n) is 6.52. The molecule has 1 fully saturated rings. The van der Waals surface area contributed by atoms with Crippen molar-refractivity contribution in [1.29, 1.82) is 0 Å². The molecule has 0 unspecified atom stereocenters. The molecule has 0 aromatic carbocycles. The molecule has 2 aliphatic heterocycles. The van der Waals surface area contributed by atoms with Gasteiger partial charge in [-0.15, -0.1) is 0 Å². The van der Waals surface area contributed by atoms with Gasteiger partial charge in [0.25, 0.3) is 0 Å². The summed E-state index contributed by atoms with van der Waals surface area (Å²) in [6.07, 6.45) is 5.37. The fourth-order valence-corrected chi connectivity index (χ4v) is 4.76. The first-order valence-corrected chi connectivity index (χ1v) is 11.7. The lowest BCUT2D eigenvalue weighted by Gasteiger charge is -2.32. The van der Waals surface area contributed by atoms with Crippen molar-refractivity contribution in [2.45, 2.75) is 32.7 Å². The maximum atomic E-state index is 14.8. The molecule has 182 valence electrons. The predicted molar refractivity (Wildman–Crippen MR) is 131 cm³/mol. The Morgan fingerprint density at radius 2 is 1.76 bits per heavy atom. The SMILES string of the molecule is CC(C)c1c2c(nn1C)CCN(c1nc(Nc3cnc(N4CCN(C)CC4)cn3)ncc1F)C2.[HH]. The summed E-state index contributed by atoms with van der Waals surface area (Å²) in [5.41, 5.74) is 3.44. The molecule has 34 heavy (non-hydrogen) atoms. The largest absolute Gasteiger partial charge is 0.353 e. The smallest absolute Gasteiger partial charge is 0.230 e. The van der Waals surface area contributed by atoms with Gasteiger partial charge in [0.15, 0.2) is 17.5 Å². The van der Waals surface area contributed by atoms with Crippen LogP contribution >= 0.6 is 0 Å². The van der Waals surface area contributed by atoms with Crippen LogP contribution < -0.4 is 15.1 Å². The molecule has 0 bridgehead atoms. The minimum atomic E-state index is -0.444. The Morgan fingerprint density at radius 3 is 2.47 bits per heavy atom. The Bertz CT molecular complexity index is 1160. The average Bonchev–Trinajstić information content (AvgIpc) is 3.16. The van der Waals surface area contributed by atoms with Crippen LogP contribution in [0.2, 0.25) is 0 Å². The third kappa shape index (κ3) is 4.39. The quantitative estimate of drug-likeness (QED) is 0.607. The van der Waals surface area contributed by atoms with E-state index in [0.717, 1.165) is 44.1 Å². The first-order chi connectivity index (χ1) is 16.4. The molecule has 0 aliphatic carbocycles. The number of hydrogen-bond acceptors (Lipinski definition) is 9. The highest BCUT2D eigenvalue weighted by Crippen LogP contribution is 2.30. The first-order valence-electron chi connectivity index (χ1n) is 11.7. The van der Waals surface area contributed by atoms with E-state index in [1.165, 1.54) is 17.5 Å². The Hall–Kier alpha value is -3.34. The standard InChI is InChI=1S/C23H31FN10.H2/c1-15(2)21-16-14-34(6-5-18(16)30-32(21)4)22-17(24)11-27-23(29-22)28-19-12-26-20(13-25-19)33-9-7-31(3)8-10-33;/h11-13,15H,5-10,14H2,1-4H3,(H,25,27,28,29);1H. The third-order valence-corrected chi connectivity index (χ3v) is 6.52. The van der Waals surface area contributed by atoms with Crippen LogP contribution in [-0.2, 0) is 20.0 Å². The molecule has 1 N–H and O–H groups in total. The number of fused-ring (bicyclic) bond motifs is 1. The Morgan fingerprint density at radius 1 is 0.971 bits per heavy atom. The summed E-state index contributed by atoms with van der Waals surface area (Å²) >= 11 is 0. The Kier molecular flexibility index (Phi) is 6.03. The monoisotopic (exact) mass is 468 g/mol. The van der Waals surface area contributed by atoms with Crippen LogP contribution in [0.5, 0.6) is 0 Å². The molecule has 0 radical (unpaired) electrons. The van der Waals surface area contributed by atoms with Crippen LogP contribution in [0.15, 0.2) is 18.6 Å². The number of anilines is 4. The minimum absolute atomic E-state index is 0. The second kappa shape index (κ2) is 9.13. The number of piperazine rings is 1. The molecule has 0 saturated carbocycles. The molecule has 5 rings (SSSR count). The van der Waals surface area contributed by atoms with Crippen LogP contribution in [-0.4, -0.2) is 74.4 Å². The predicted octanol–water partition coefficient (Wildman–Crippen LogP) is 2.57. The van der Waals surface area contributed by atoms with E-state index in [9.17, 15) is 4.39 Å². The van der Waals surface area contributed by atoms with Crippen molar-refractivity contribution in [3.05, 3.63) is 41.4 Å². The molecule has 5 heterocycles. The molecule has 0 atom stereocenters. The van der Waals surface area contributed by atoms with Gasteiger partial charge in [-0.3, -0.25) is 4.68 Å². The van der Waals surface area contributed by atoms with Gasteiger partial charge in [-0.2, -0.15) is 10.1 Å². The Balaban J connectivity index is 0.00000289. The fourth-order valence-electron chi connectivity index (χ4n) is 4.76. The number of likely N-dealkylation sites (N-methyl/N-ethyl adjacent to an activating group) is 1. The molecule has 3 aromatic rings. The number of aryl methyl sites for hydroxylation is 1. The van der Waals surface area contributed by atoms with E-state index in [1.807, 2.05) is 16.6 Å². The van der Waals surface area contributed by atoms with Crippen molar-refractivity contribution < 1.29 is 5.82 Å². The molecule has 3 aromatic heterocycles. The van der Waals surface area contributed by atoms with E-state index in [1.54, 1.807) is 12.4 Å². The summed E-state index contributed by atoms with van der Waals surface area (Å²) in [4.78, 5) is 24.1. The molecular weight excluding hydrogens is 435 g/mol. The van der Waals surface area contributed by atoms with Crippen molar-refractivity contribution in [2.75, 3.05) is 54.9 Å². The van der Waals surface area contributed by atoms with E-state index >= 15 is 0 Å². The molecule has 11 heteroatoms. The van der Waals surface area contributed by atoms with Crippen molar-refractivity contribution in [3.8, 4) is 0 Å². The van der Waals surface area contributed by atoms with Crippen LogP contribution in [0, 0.1) is 5.82 Å². The van der Waals surface area contributed by atoms with Gasteiger partial charge < -0.3 is 20.0 Å². The second-order valence-corrected chi connectivity index (χ2v) is 9.30. The molecule has 10 nitrogen and oxygen atoms in total. The van der Waals surface area contributed by atoms with Gasteiger partial charge in [-0.1, -0.05) is 13.8 Å². The van der Waals surface area contributed by atoms with Crippen molar-refractivity contribution in [2.24, 2.45) is 7.05 Å². The van der Waals surface area contributed by atoms with Gasteiger partial charge in [0.1, 0.15) is 5.82 Å². The number of aromatic nitrogens is 6. The maximum absolute atomic E-state index is 14.8. The second-order valence-electron chi connectivity index (χ2n) is 9.30. The number of nitrogens with zero attached hydrogens (tertiary/aromatic N) is 9. The number of rotatable bonds is 5. The van der Waals surface area contributed by atoms with E-state index < -0.39 is 5.82 Å². The zero-order valence-electron chi connectivity index (χ0n) is 20.2. The van der Waals surface area contributed by atoms with E-state index in [0.29, 0.717) is 30.8 Å². The number of halogens is 1. The van der Waals surface area contributed by atoms with E-state index in [2.05, 4.69) is 61.0 Å². The van der Waals surface area contributed by atoms with Gasteiger partial charge in [-0.25, -0.2) is 19.3 Å². The van der Waals surface area contributed by atoms with Crippen molar-refractivity contribution in [3.63, 3.8) is 0 Å². The van der Waals surface area contributed by atoms with Crippen molar-refractivity contribution in [1.82, 2.24) is 34.6 Å². The van der Waals surface area contributed by atoms with Crippen LogP contribution in [0.25, 0.3) is 0 Å². The van der Waals surface area contributed by atoms with Gasteiger partial charge in [0.2, 0.25) is 5.95 Å². The summed E-state index contributed by atoms with van der Waals surface area (Å²) in [6.45, 7) is 9.38. The van der Waals surface area contributed by atoms with Gasteiger partial charge in [-0.05, 0) is 13.0 Å². The minimum Gasteiger partial charge on any atom is -0.353 e. The van der Waals surface area contributed by atoms with Crippen LogP contribution in [0.3, 0.4) is 0 Å². The van der Waals surface area contributed by atoms with Gasteiger partial charge in [0, 0.05) is 65.4 Å². The highest BCUT2D eigenvalue weighted by molar-refractivity contribution is 5.53. The zero-order chi connectivity index (χ0) is 23.8. The maximum Gasteiger partial charge on any atom is 0.230 e. The normalized spacial score (nSPS) is 16.8. The Labute approximate surface area is 200 Å². The molecule has 1 saturated heterocycles. The number of nitrogens with one attached hydrogen (secondary N) is 1. The van der Waals surface area contributed by atoms with E-state index in [-0.39, 0.29) is 7.24 Å². The lowest BCUT2D eigenvalue weighted by Crippen LogP contribution is -2.44.